The maximum atomic E-state index is 12.4. The number of anilines is 1. The molecule has 126 valence electrons. The number of fused-ring (bicyclic) bond motifs is 1. The molecule has 1 aromatic heterocycles. The molecule has 0 fully saturated rings. The van der Waals surface area contributed by atoms with Crippen LogP contribution in [0.25, 0.3) is 11.3 Å². The highest BCUT2D eigenvalue weighted by Crippen LogP contribution is 2.31. The van der Waals surface area contributed by atoms with E-state index in [9.17, 15) is 4.79 Å². The van der Waals surface area contributed by atoms with Gasteiger partial charge in [0.2, 0.25) is 0 Å². The van der Waals surface area contributed by atoms with E-state index in [-0.39, 0.29) is 6.03 Å². The van der Waals surface area contributed by atoms with Gasteiger partial charge in [-0.2, -0.15) is 0 Å². The number of hydrogen-bond donors (Lipinski definition) is 1. The Labute approximate surface area is 150 Å². The summed E-state index contributed by atoms with van der Waals surface area (Å²) < 4.78 is 5.54. The number of halogens is 1. The fraction of sp³-hybridized carbons (Fsp3) is 0.158. The second kappa shape index (κ2) is 6.61. The molecule has 2 aromatic carbocycles. The maximum Gasteiger partial charge on any atom is 0.322 e. The Morgan fingerprint density at radius 1 is 1.12 bits per heavy atom. The minimum absolute atomic E-state index is 0.132. The summed E-state index contributed by atoms with van der Waals surface area (Å²) in [6, 6.07) is 16.8. The van der Waals surface area contributed by atoms with E-state index >= 15 is 0 Å². The van der Waals surface area contributed by atoms with Crippen LogP contribution in [-0.2, 0) is 13.0 Å². The number of carbonyl (C=O) groups is 1. The van der Waals surface area contributed by atoms with Crippen molar-refractivity contribution in [2.75, 3.05) is 11.9 Å². The highest BCUT2D eigenvalue weighted by Gasteiger charge is 2.27. The van der Waals surface area contributed by atoms with Crippen molar-refractivity contribution in [3.8, 4) is 11.3 Å². The van der Waals surface area contributed by atoms with Crippen LogP contribution in [0.4, 0.5) is 10.5 Å². The molecule has 2 heterocycles. The third-order valence-electron chi connectivity index (χ3n) is 4.26. The molecule has 6 heteroatoms. The average molecular weight is 354 g/mol. The molecule has 1 N–H and O–H groups in total. The van der Waals surface area contributed by atoms with Crippen molar-refractivity contribution in [3.63, 3.8) is 0 Å². The third kappa shape index (κ3) is 3.23. The molecule has 0 radical (unpaired) electrons. The number of amides is 2. The molecule has 0 unspecified atom stereocenters. The molecule has 5 nitrogen and oxygen atoms in total. The minimum atomic E-state index is -0.132. The van der Waals surface area contributed by atoms with Gasteiger partial charge in [0.05, 0.1) is 6.54 Å². The van der Waals surface area contributed by atoms with Gasteiger partial charge in [0.15, 0.2) is 5.76 Å². The van der Waals surface area contributed by atoms with E-state index in [1.807, 2.05) is 54.6 Å². The van der Waals surface area contributed by atoms with Crippen molar-refractivity contribution in [1.29, 1.82) is 0 Å². The molecule has 1 aliphatic heterocycles. The quantitative estimate of drug-likeness (QED) is 0.733. The molecule has 0 aliphatic carbocycles. The SMILES string of the molecule is O=C(Nc1ccccc1)N1CCc2c(noc2-c2ccc(Cl)cc2)C1. The Balaban J connectivity index is 1.51. The van der Waals surface area contributed by atoms with Gasteiger partial charge >= 0.3 is 6.03 Å². The normalized spacial score (nSPS) is 13.4. The van der Waals surface area contributed by atoms with Gasteiger partial charge in [0.1, 0.15) is 5.69 Å². The minimum Gasteiger partial charge on any atom is -0.356 e. The van der Waals surface area contributed by atoms with Gasteiger partial charge in [-0.3, -0.25) is 0 Å². The number of hydrogen-bond acceptors (Lipinski definition) is 3. The van der Waals surface area contributed by atoms with E-state index < -0.39 is 0 Å². The van der Waals surface area contributed by atoms with Gasteiger partial charge < -0.3 is 14.7 Å². The van der Waals surface area contributed by atoms with Crippen molar-refractivity contribution >= 4 is 23.3 Å². The largest absolute Gasteiger partial charge is 0.356 e. The fourth-order valence-corrected chi connectivity index (χ4v) is 3.08. The number of nitrogens with one attached hydrogen (secondary N) is 1. The monoisotopic (exact) mass is 353 g/mol. The first-order valence-electron chi connectivity index (χ1n) is 8.05. The van der Waals surface area contributed by atoms with E-state index in [2.05, 4.69) is 10.5 Å². The molecule has 0 atom stereocenters. The van der Waals surface area contributed by atoms with Crippen molar-refractivity contribution in [2.24, 2.45) is 0 Å². The van der Waals surface area contributed by atoms with Gasteiger partial charge in [0.25, 0.3) is 0 Å². The molecule has 4 rings (SSSR count). The van der Waals surface area contributed by atoms with Gasteiger partial charge in [0, 0.05) is 28.4 Å². The van der Waals surface area contributed by atoms with Crippen molar-refractivity contribution in [3.05, 3.63) is 70.9 Å². The van der Waals surface area contributed by atoms with Crippen LogP contribution in [0.3, 0.4) is 0 Å². The molecule has 3 aromatic rings. The first kappa shape index (κ1) is 15.7. The summed E-state index contributed by atoms with van der Waals surface area (Å²) in [6.45, 7) is 1.05. The van der Waals surface area contributed by atoms with E-state index in [4.69, 9.17) is 16.1 Å². The van der Waals surface area contributed by atoms with Crippen LogP contribution >= 0.6 is 11.6 Å². The van der Waals surface area contributed by atoms with E-state index in [1.165, 1.54) is 0 Å². The van der Waals surface area contributed by atoms with Crippen LogP contribution in [0.5, 0.6) is 0 Å². The zero-order chi connectivity index (χ0) is 17.2. The van der Waals surface area contributed by atoms with Crippen molar-refractivity contribution < 1.29 is 9.32 Å². The Hall–Kier alpha value is -2.79. The maximum absolute atomic E-state index is 12.4. The summed E-state index contributed by atoms with van der Waals surface area (Å²) in [5.41, 5.74) is 3.59. The highest BCUT2D eigenvalue weighted by atomic mass is 35.5. The summed E-state index contributed by atoms with van der Waals surface area (Å²) in [6.07, 6.45) is 0.707. The number of nitrogens with zero attached hydrogens (tertiary/aromatic N) is 2. The summed E-state index contributed by atoms with van der Waals surface area (Å²) in [5, 5.41) is 7.75. The molecular formula is C19H16ClN3O2. The summed E-state index contributed by atoms with van der Waals surface area (Å²) in [7, 11) is 0. The summed E-state index contributed by atoms with van der Waals surface area (Å²) in [4.78, 5) is 14.2. The second-order valence-electron chi connectivity index (χ2n) is 5.91. The van der Waals surface area contributed by atoms with Crippen LogP contribution in [0.1, 0.15) is 11.3 Å². The van der Waals surface area contributed by atoms with Crippen LogP contribution in [0.15, 0.2) is 59.1 Å². The standard InChI is InChI=1S/C19H16ClN3O2/c20-14-8-6-13(7-9-14)18-16-10-11-23(12-17(16)22-25-18)19(24)21-15-4-2-1-3-5-15/h1-9H,10-12H2,(H,21,24). The Bertz CT molecular complexity index is 891. The van der Waals surface area contributed by atoms with Gasteiger partial charge in [-0.15, -0.1) is 0 Å². The van der Waals surface area contributed by atoms with E-state index in [0.29, 0.717) is 24.5 Å². The fourth-order valence-electron chi connectivity index (χ4n) is 2.96. The molecule has 0 spiro atoms. The van der Waals surface area contributed by atoms with Crippen LogP contribution < -0.4 is 5.32 Å². The summed E-state index contributed by atoms with van der Waals surface area (Å²) >= 11 is 5.94. The molecule has 0 saturated heterocycles. The lowest BCUT2D eigenvalue weighted by Gasteiger charge is -2.26. The first-order chi connectivity index (χ1) is 12.2. The van der Waals surface area contributed by atoms with Gasteiger partial charge in [-0.05, 0) is 42.8 Å². The predicted octanol–water partition coefficient (Wildman–Crippen LogP) is 4.59. The smallest absolute Gasteiger partial charge is 0.322 e. The first-order valence-corrected chi connectivity index (χ1v) is 8.43. The Morgan fingerprint density at radius 2 is 1.88 bits per heavy atom. The number of urea groups is 1. The molecule has 0 saturated carbocycles. The molecule has 1 aliphatic rings. The molecule has 0 bridgehead atoms. The molecular weight excluding hydrogens is 338 g/mol. The highest BCUT2D eigenvalue weighted by molar-refractivity contribution is 6.30. The van der Waals surface area contributed by atoms with E-state index in [1.54, 1.807) is 4.90 Å². The Morgan fingerprint density at radius 3 is 2.64 bits per heavy atom. The number of rotatable bonds is 2. The van der Waals surface area contributed by atoms with Crippen LogP contribution in [0.2, 0.25) is 5.02 Å². The van der Waals surface area contributed by atoms with Gasteiger partial charge in [-0.25, -0.2) is 4.79 Å². The average Bonchev–Trinajstić information content (AvgIpc) is 3.06. The number of benzene rings is 2. The van der Waals surface area contributed by atoms with Gasteiger partial charge in [-0.1, -0.05) is 35.0 Å². The number of aromatic nitrogens is 1. The molecule has 25 heavy (non-hydrogen) atoms. The zero-order valence-corrected chi connectivity index (χ0v) is 14.2. The lowest BCUT2D eigenvalue weighted by Crippen LogP contribution is -2.38. The van der Waals surface area contributed by atoms with Crippen LogP contribution in [0, 0.1) is 0 Å². The number of carbonyl (C=O) groups excluding carboxylic acids is 1. The van der Waals surface area contributed by atoms with Crippen LogP contribution in [-0.4, -0.2) is 22.6 Å². The number of para-hydroxylation sites is 1. The lowest BCUT2D eigenvalue weighted by atomic mass is 10.0. The van der Waals surface area contributed by atoms with Crippen molar-refractivity contribution in [1.82, 2.24) is 10.1 Å². The summed E-state index contributed by atoms with van der Waals surface area (Å²) in [5.74, 6) is 0.759. The second-order valence-corrected chi connectivity index (χ2v) is 6.35. The van der Waals surface area contributed by atoms with E-state index in [0.717, 1.165) is 28.3 Å². The predicted molar refractivity (Wildman–Crippen MR) is 96.5 cm³/mol. The lowest BCUT2D eigenvalue weighted by molar-refractivity contribution is 0.205. The zero-order valence-electron chi connectivity index (χ0n) is 13.4. The Kier molecular flexibility index (Phi) is 4.15. The van der Waals surface area contributed by atoms with Crippen molar-refractivity contribution in [2.45, 2.75) is 13.0 Å². The molecule has 2 amide bonds. The third-order valence-corrected chi connectivity index (χ3v) is 4.51. The topological polar surface area (TPSA) is 58.4 Å².